The molecule has 0 unspecified atom stereocenters. The molecule has 1 fully saturated rings. The van der Waals surface area contributed by atoms with Crippen molar-refractivity contribution >= 4 is 5.91 Å². The standard InChI is InChI=1S/C16H10F5NO/c17-11-10(12(18)14(20)15(21)13(11)19)16(23)22-9-6-8(9)7-4-2-1-3-5-7/h1-5,8-9H,6H2,(H,22,23)/t8-,9+/m0/s1. The summed E-state index contributed by atoms with van der Waals surface area (Å²) in [6.45, 7) is 0. The monoisotopic (exact) mass is 327 g/mol. The van der Waals surface area contributed by atoms with Gasteiger partial charge in [-0.1, -0.05) is 30.3 Å². The number of amides is 1. The largest absolute Gasteiger partial charge is 0.348 e. The van der Waals surface area contributed by atoms with Gasteiger partial charge in [0.1, 0.15) is 5.56 Å². The second-order valence-corrected chi connectivity index (χ2v) is 5.28. The van der Waals surface area contributed by atoms with Gasteiger partial charge in [0, 0.05) is 12.0 Å². The highest BCUT2D eigenvalue weighted by Crippen LogP contribution is 2.40. The Bertz CT molecular complexity index is 749. The maximum absolute atomic E-state index is 13.6. The minimum Gasteiger partial charge on any atom is -0.348 e. The summed E-state index contributed by atoms with van der Waals surface area (Å²) in [5.41, 5.74) is -0.532. The number of nitrogens with one attached hydrogen (secondary N) is 1. The van der Waals surface area contributed by atoms with Crippen LogP contribution >= 0.6 is 0 Å². The van der Waals surface area contributed by atoms with Gasteiger partial charge < -0.3 is 5.32 Å². The van der Waals surface area contributed by atoms with Crippen molar-refractivity contribution in [3.05, 3.63) is 70.5 Å². The number of hydrogen-bond acceptors (Lipinski definition) is 1. The summed E-state index contributed by atoms with van der Waals surface area (Å²) in [5, 5.41) is 2.30. The molecule has 2 nitrogen and oxygen atoms in total. The normalized spacial score (nSPS) is 19.5. The lowest BCUT2D eigenvalue weighted by atomic mass is 10.1. The van der Waals surface area contributed by atoms with Gasteiger partial charge in [0.2, 0.25) is 5.82 Å². The van der Waals surface area contributed by atoms with Crippen LogP contribution in [-0.2, 0) is 0 Å². The van der Waals surface area contributed by atoms with Crippen LogP contribution in [0.15, 0.2) is 30.3 Å². The predicted octanol–water partition coefficient (Wildman–Crippen LogP) is 3.67. The number of benzene rings is 2. The molecule has 0 aliphatic heterocycles. The van der Waals surface area contributed by atoms with Gasteiger partial charge in [-0.2, -0.15) is 0 Å². The third kappa shape index (κ3) is 2.67. The topological polar surface area (TPSA) is 29.1 Å². The highest BCUT2D eigenvalue weighted by molar-refractivity contribution is 5.95. The summed E-state index contributed by atoms with van der Waals surface area (Å²) >= 11 is 0. The molecule has 120 valence electrons. The van der Waals surface area contributed by atoms with E-state index in [9.17, 15) is 26.7 Å². The zero-order valence-corrected chi connectivity index (χ0v) is 11.5. The van der Waals surface area contributed by atoms with Gasteiger partial charge in [-0.15, -0.1) is 0 Å². The van der Waals surface area contributed by atoms with Gasteiger partial charge in [-0.25, -0.2) is 22.0 Å². The molecule has 7 heteroatoms. The van der Waals surface area contributed by atoms with E-state index in [-0.39, 0.29) is 5.92 Å². The average Bonchev–Trinajstić information content (AvgIpc) is 3.31. The van der Waals surface area contributed by atoms with Crippen molar-refractivity contribution < 1.29 is 26.7 Å². The molecule has 2 aromatic rings. The summed E-state index contributed by atoms with van der Waals surface area (Å²) in [6, 6.07) is 8.67. The van der Waals surface area contributed by atoms with Crippen LogP contribution in [0, 0.1) is 29.1 Å². The van der Waals surface area contributed by atoms with Gasteiger partial charge in [-0.3, -0.25) is 4.79 Å². The first-order chi connectivity index (χ1) is 10.9. The molecule has 0 bridgehead atoms. The minimum absolute atomic E-state index is 0.0404. The van der Waals surface area contributed by atoms with E-state index in [1.807, 2.05) is 18.2 Å². The lowest BCUT2D eigenvalue weighted by Crippen LogP contribution is -2.29. The van der Waals surface area contributed by atoms with Crippen LogP contribution < -0.4 is 5.32 Å². The van der Waals surface area contributed by atoms with E-state index in [0.717, 1.165) is 5.56 Å². The van der Waals surface area contributed by atoms with Crippen molar-refractivity contribution in [3.8, 4) is 0 Å². The SMILES string of the molecule is O=C(N[C@@H]1C[C@H]1c1ccccc1)c1c(F)c(F)c(F)c(F)c1F. The van der Waals surface area contributed by atoms with E-state index in [0.29, 0.717) is 6.42 Å². The Morgan fingerprint density at radius 3 is 1.96 bits per heavy atom. The average molecular weight is 327 g/mol. The number of halogens is 5. The molecule has 3 rings (SSSR count). The summed E-state index contributed by atoms with van der Waals surface area (Å²) in [6.07, 6.45) is 0.533. The van der Waals surface area contributed by atoms with E-state index < -0.39 is 46.6 Å². The Morgan fingerprint density at radius 1 is 0.870 bits per heavy atom. The van der Waals surface area contributed by atoms with Crippen molar-refractivity contribution in [3.63, 3.8) is 0 Å². The Hall–Kier alpha value is -2.44. The first kappa shape index (κ1) is 15.5. The number of carbonyl (C=O) groups is 1. The summed E-state index contributed by atoms with van der Waals surface area (Å²) < 4.78 is 66.3. The van der Waals surface area contributed by atoms with Gasteiger partial charge in [0.25, 0.3) is 5.91 Å². The molecule has 23 heavy (non-hydrogen) atoms. The Kier molecular flexibility index (Phi) is 3.79. The van der Waals surface area contributed by atoms with Gasteiger partial charge in [0.15, 0.2) is 23.3 Å². The van der Waals surface area contributed by atoms with E-state index in [4.69, 9.17) is 0 Å². The highest BCUT2D eigenvalue weighted by atomic mass is 19.2. The van der Waals surface area contributed by atoms with Crippen LogP contribution in [0.2, 0.25) is 0 Å². The second kappa shape index (κ2) is 5.64. The minimum atomic E-state index is -2.29. The second-order valence-electron chi connectivity index (χ2n) is 5.28. The van der Waals surface area contributed by atoms with Crippen LogP contribution in [0.1, 0.15) is 28.3 Å². The summed E-state index contributed by atoms with van der Waals surface area (Å²) in [7, 11) is 0. The zero-order chi connectivity index (χ0) is 16.7. The lowest BCUT2D eigenvalue weighted by Gasteiger charge is -2.09. The molecule has 2 aromatic carbocycles. The van der Waals surface area contributed by atoms with Crippen molar-refractivity contribution in [2.75, 3.05) is 0 Å². The molecular formula is C16H10F5NO. The first-order valence-electron chi connectivity index (χ1n) is 6.79. The smallest absolute Gasteiger partial charge is 0.257 e. The van der Waals surface area contributed by atoms with Crippen molar-refractivity contribution in [2.45, 2.75) is 18.4 Å². The Labute approximate surface area is 127 Å². The number of hydrogen-bond donors (Lipinski definition) is 1. The Morgan fingerprint density at radius 2 is 1.39 bits per heavy atom. The van der Waals surface area contributed by atoms with Crippen LogP contribution in [0.3, 0.4) is 0 Å². The van der Waals surface area contributed by atoms with Crippen molar-refractivity contribution in [1.29, 1.82) is 0 Å². The van der Waals surface area contributed by atoms with Gasteiger partial charge in [0.05, 0.1) is 0 Å². The van der Waals surface area contributed by atoms with E-state index >= 15 is 0 Å². The summed E-state index contributed by atoms with van der Waals surface area (Å²) in [4.78, 5) is 11.9. The maximum atomic E-state index is 13.6. The summed E-state index contributed by atoms with van der Waals surface area (Å²) in [5.74, 6) is -12.2. The highest BCUT2D eigenvalue weighted by Gasteiger charge is 2.41. The molecule has 1 aliphatic carbocycles. The molecule has 2 atom stereocenters. The zero-order valence-electron chi connectivity index (χ0n) is 11.5. The molecule has 1 aliphatic rings. The molecule has 0 heterocycles. The first-order valence-corrected chi connectivity index (χ1v) is 6.79. The van der Waals surface area contributed by atoms with Gasteiger partial charge >= 0.3 is 0 Å². The lowest BCUT2D eigenvalue weighted by molar-refractivity contribution is 0.0938. The van der Waals surface area contributed by atoms with Crippen LogP contribution in [0.25, 0.3) is 0 Å². The Balaban J connectivity index is 1.81. The van der Waals surface area contributed by atoms with Crippen LogP contribution in [0.4, 0.5) is 22.0 Å². The van der Waals surface area contributed by atoms with Crippen LogP contribution in [0.5, 0.6) is 0 Å². The van der Waals surface area contributed by atoms with Gasteiger partial charge in [-0.05, 0) is 12.0 Å². The fraction of sp³-hybridized carbons (Fsp3) is 0.188. The molecule has 0 radical (unpaired) electrons. The van der Waals surface area contributed by atoms with E-state index in [1.165, 1.54) is 0 Å². The fourth-order valence-corrected chi connectivity index (χ4v) is 2.47. The van der Waals surface area contributed by atoms with E-state index in [1.54, 1.807) is 12.1 Å². The molecular weight excluding hydrogens is 317 g/mol. The fourth-order valence-electron chi connectivity index (χ4n) is 2.47. The third-order valence-electron chi connectivity index (χ3n) is 3.77. The molecule has 1 saturated carbocycles. The molecule has 0 aromatic heterocycles. The van der Waals surface area contributed by atoms with Crippen molar-refractivity contribution in [2.24, 2.45) is 0 Å². The van der Waals surface area contributed by atoms with E-state index in [2.05, 4.69) is 5.32 Å². The van der Waals surface area contributed by atoms with Crippen molar-refractivity contribution in [1.82, 2.24) is 5.32 Å². The maximum Gasteiger partial charge on any atom is 0.257 e. The molecule has 1 amide bonds. The molecule has 0 spiro atoms. The number of rotatable bonds is 3. The molecule has 1 N–H and O–H groups in total. The van der Waals surface area contributed by atoms with Crippen LogP contribution in [-0.4, -0.2) is 11.9 Å². The quantitative estimate of drug-likeness (QED) is 0.520. The number of carbonyl (C=O) groups excluding carboxylic acids is 1. The third-order valence-corrected chi connectivity index (χ3v) is 3.77. The molecule has 0 saturated heterocycles. The predicted molar refractivity (Wildman–Crippen MR) is 71.3 cm³/mol.